The molecule has 0 saturated carbocycles. The number of hydrogen-bond acceptors (Lipinski definition) is 4. The van der Waals surface area contributed by atoms with Crippen LogP contribution in [0, 0.1) is 6.92 Å². The van der Waals surface area contributed by atoms with E-state index in [-0.39, 0.29) is 6.10 Å². The van der Waals surface area contributed by atoms with Crippen LogP contribution in [0.15, 0.2) is 48.8 Å². The van der Waals surface area contributed by atoms with Crippen molar-refractivity contribution in [2.75, 3.05) is 19.7 Å². The fraction of sp³-hybridized carbons (Fsp3) is 0.391. The first-order valence-corrected chi connectivity index (χ1v) is 10.2. The minimum Gasteiger partial charge on any atom is -0.369 e. The van der Waals surface area contributed by atoms with Crippen molar-refractivity contribution in [3.8, 4) is 0 Å². The van der Waals surface area contributed by atoms with Crippen LogP contribution in [0.2, 0.25) is 0 Å². The lowest BCUT2D eigenvalue weighted by Crippen LogP contribution is -2.38. The monoisotopic (exact) mass is 430 g/mol. The molecule has 0 aliphatic carbocycles. The molecule has 0 bridgehead atoms. The van der Waals surface area contributed by atoms with Gasteiger partial charge < -0.3 is 4.74 Å². The minimum absolute atomic E-state index is 0.175. The maximum Gasteiger partial charge on any atom is 0.416 e. The predicted octanol–water partition coefficient (Wildman–Crippen LogP) is 4.31. The van der Waals surface area contributed by atoms with Crippen molar-refractivity contribution in [2.24, 2.45) is 7.05 Å². The van der Waals surface area contributed by atoms with E-state index in [1.54, 1.807) is 10.7 Å². The highest BCUT2D eigenvalue weighted by molar-refractivity contribution is 5.32. The Morgan fingerprint density at radius 3 is 2.71 bits per heavy atom. The Bertz CT molecular complexity index is 1050. The molecule has 5 nitrogen and oxygen atoms in total. The van der Waals surface area contributed by atoms with Gasteiger partial charge in [-0.25, -0.2) is 0 Å². The van der Waals surface area contributed by atoms with E-state index in [0.29, 0.717) is 25.1 Å². The molecule has 164 valence electrons. The molecule has 1 aromatic carbocycles. The molecule has 31 heavy (non-hydrogen) atoms. The zero-order chi connectivity index (χ0) is 22.0. The van der Waals surface area contributed by atoms with Crippen LogP contribution in [-0.4, -0.2) is 39.4 Å². The normalized spacial score (nSPS) is 17.8. The topological polar surface area (TPSA) is 43.2 Å². The van der Waals surface area contributed by atoms with Gasteiger partial charge in [-0.15, -0.1) is 0 Å². The van der Waals surface area contributed by atoms with E-state index in [2.05, 4.69) is 15.0 Å². The van der Waals surface area contributed by atoms with Crippen LogP contribution in [0.3, 0.4) is 0 Å². The van der Waals surface area contributed by atoms with Gasteiger partial charge in [0.1, 0.15) is 6.10 Å². The molecule has 1 saturated heterocycles. The number of alkyl halides is 3. The zero-order valence-corrected chi connectivity index (χ0v) is 17.6. The molecular weight excluding hydrogens is 405 g/mol. The number of rotatable bonds is 5. The van der Waals surface area contributed by atoms with Gasteiger partial charge in [-0.05, 0) is 42.7 Å². The summed E-state index contributed by atoms with van der Waals surface area (Å²) in [7, 11) is 1.90. The van der Waals surface area contributed by atoms with Crippen molar-refractivity contribution >= 4 is 0 Å². The van der Waals surface area contributed by atoms with Crippen LogP contribution >= 0.6 is 0 Å². The smallest absolute Gasteiger partial charge is 0.369 e. The van der Waals surface area contributed by atoms with Crippen molar-refractivity contribution in [3.63, 3.8) is 0 Å². The number of ether oxygens (including phenoxy) is 1. The number of hydrogen-bond donors (Lipinski definition) is 0. The van der Waals surface area contributed by atoms with E-state index in [4.69, 9.17) is 4.74 Å². The number of benzene rings is 1. The second-order valence-electron chi connectivity index (χ2n) is 8.03. The molecule has 0 spiro atoms. The fourth-order valence-corrected chi connectivity index (χ4v) is 3.97. The molecule has 3 heterocycles. The van der Waals surface area contributed by atoms with Crippen LogP contribution in [0.5, 0.6) is 0 Å². The first-order chi connectivity index (χ1) is 14.8. The third kappa shape index (κ3) is 5.51. The zero-order valence-electron chi connectivity index (χ0n) is 17.6. The van der Waals surface area contributed by atoms with Gasteiger partial charge in [-0.3, -0.25) is 14.6 Å². The maximum absolute atomic E-state index is 13.0. The number of halogens is 3. The summed E-state index contributed by atoms with van der Waals surface area (Å²) in [5, 5.41) is 4.22. The Morgan fingerprint density at radius 2 is 1.97 bits per heavy atom. The van der Waals surface area contributed by atoms with Crippen LogP contribution in [0.1, 0.15) is 39.7 Å². The predicted molar refractivity (Wildman–Crippen MR) is 110 cm³/mol. The second kappa shape index (κ2) is 8.80. The van der Waals surface area contributed by atoms with Crippen LogP contribution in [-0.2, 0) is 30.9 Å². The average Bonchev–Trinajstić information content (AvgIpc) is 3.12. The van der Waals surface area contributed by atoms with Gasteiger partial charge in [0.15, 0.2) is 0 Å². The molecule has 1 atom stereocenters. The average molecular weight is 430 g/mol. The largest absolute Gasteiger partial charge is 0.416 e. The third-order valence-corrected chi connectivity index (χ3v) is 5.34. The summed E-state index contributed by atoms with van der Waals surface area (Å²) in [6, 6.07) is 9.35. The molecule has 1 aliphatic rings. The highest BCUT2D eigenvalue weighted by Crippen LogP contribution is 2.30. The Hall–Kier alpha value is -2.71. The highest BCUT2D eigenvalue weighted by atomic mass is 19.4. The first kappa shape index (κ1) is 21.5. The summed E-state index contributed by atoms with van der Waals surface area (Å²) in [4.78, 5) is 6.96. The van der Waals surface area contributed by atoms with Gasteiger partial charge in [-0.1, -0.05) is 18.2 Å². The SMILES string of the molecule is Cc1cc(Cc2cccc(C(F)(F)F)c2)cc([C@H]2CN(Cc3cnn(C)c3)CCO2)n1. The van der Waals surface area contributed by atoms with Crippen molar-refractivity contribution in [1.29, 1.82) is 0 Å². The Labute approximate surface area is 179 Å². The number of aromatic nitrogens is 3. The first-order valence-electron chi connectivity index (χ1n) is 10.2. The van der Waals surface area contributed by atoms with E-state index in [1.165, 1.54) is 12.1 Å². The lowest BCUT2D eigenvalue weighted by molar-refractivity contribution is -0.137. The van der Waals surface area contributed by atoms with Gasteiger partial charge in [0.2, 0.25) is 0 Å². The molecule has 0 N–H and O–H groups in total. The minimum atomic E-state index is -4.34. The maximum atomic E-state index is 13.0. The molecular formula is C23H25F3N4O. The van der Waals surface area contributed by atoms with E-state index >= 15 is 0 Å². The number of pyridine rings is 1. The van der Waals surface area contributed by atoms with Gasteiger partial charge in [0, 0.05) is 44.1 Å². The molecule has 2 aromatic heterocycles. The third-order valence-electron chi connectivity index (χ3n) is 5.34. The molecule has 0 amide bonds. The van der Waals surface area contributed by atoms with E-state index in [0.717, 1.165) is 41.7 Å². The van der Waals surface area contributed by atoms with Gasteiger partial charge in [0.05, 0.1) is 24.1 Å². The molecule has 0 radical (unpaired) electrons. The molecule has 3 aromatic rings. The van der Waals surface area contributed by atoms with Crippen molar-refractivity contribution in [2.45, 2.75) is 32.2 Å². The number of morpholine rings is 1. The van der Waals surface area contributed by atoms with E-state index in [1.807, 2.05) is 38.5 Å². The van der Waals surface area contributed by atoms with Crippen molar-refractivity contribution in [1.82, 2.24) is 19.7 Å². The molecule has 4 rings (SSSR count). The number of aryl methyl sites for hydroxylation is 2. The summed E-state index contributed by atoms with van der Waals surface area (Å²) in [5.41, 5.74) is 3.71. The van der Waals surface area contributed by atoms with Crippen LogP contribution in [0.25, 0.3) is 0 Å². The lowest BCUT2D eigenvalue weighted by atomic mass is 10.0. The van der Waals surface area contributed by atoms with Gasteiger partial charge in [-0.2, -0.15) is 18.3 Å². The summed E-state index contributed by atoms with van der Waals surface area (Å²) >= 11 is 0. The van der Waals surface area contributed by atoms with Gasteiger partial charge >= 0.3 is 6.18 Å². The lowest BCUT2D eigenvalue weighted by Gasteiger charge is -2.32. The van der Waals surface area contributed by atoms with Crippen molar-refractivity contribution in [3.05, 3.63) is 82.4 Å². The standard InChI is InChI=1S/C23H25F3N4O/c1-16-8-18(9-17-4-3-5-20(10-17)23(24,25)26)11-21(28-16)22-15-30(6-7-31-22)14-19-12-27-29(2)13-19/h3-5,8,10-13,22H,6-7,9,14-15H2,1-2H3/t22-/m1/s1. The number of nitrogens with zero attached hydrogens (tertiary/aromatic N) is 4. The molecule has 1 fully saturated rings. The fourth-order valence-electron chi connectivity index (χ4n) is 3.97. The second-order valence-corrected chi connectivity index (χ2v) is 8.03. The van der Waals surface area contributed by atoms with Crippen LogP contribution < -0.4 is 0 Å². The molecule has 1 aliphatic heterocycles. The Kier molecular flexibility index (Phi) is 6.11. The molecule has 8 heteroatoms. The van der Waals surface area contributed by atoms with Crippen LogP contribution in [0.4, 0.5) is 13.2 Å². The van der Waals surface area contributed by atoms with E-state index < -0.39 is 11.7 Å². The van der Waals surface area contributed by atoms with E-state index in [9.17, 15) is 13.2 Å². The summed E-state index contributed by atoms with van der Waals surface area (Å²) < 4.78 is 46.9. The highest BCUT2D eigenvalue weighted by Gasteiger charge is 2.30. The van der Waals surface area contributed by atoms with Gasteiger partial charge in [0.25, 0.3) is 0 Å². The quantitative estimate of drug-likeness (QED) is 0.605. The van der Waals surface area contributed by atoms with Crippen molar-refractivity contribution < 1.29 is 17.9 Å². The summed E-state index contributed by atoms with van der Waals surface area (Å²) in [6.07, 6.45) is -0.244. The molecule has 0 unspecified atom stereocenters. The summed E-state index contributed by atoms with van der Waals surface area (Å²) in [6.45, 7) is 4.82. The Balaban J connectivity index is 1.49. The summed E-state index contributed by atoms with van der Waals surface area (Å²) in [5.74, 6) is 0. The Morgan fingerprint density at radius 1 is 1.13 bits per heavy atom.